The van der Waals surface area contributed by atoms with Crippen molar-refractivity contribution >= 4 is 81.1 Å². The Labute approximate surface area is 220 Å². The van der Waals surface area contributed by atoms with Crippen LogP contribution in [0, 0.1) is 0 Å². The van der Waals surface area contributed by atoms with Gasteiger partial charge in [0.05, 0.1) is 26.8 Å². The molecule has 0 radical (unpaired) electrons. The molecule has 0 saturated carbocycles. The molecule has 13 heteroatoms. The number of imidazole rings is 1. The van der Waals surface area contributed by atoms with Gasteiger partial charge in [0, 0.05) is 6.54 Å². The average molecular weight is 556 g/mol. The zero-order valence-electron chi connectivity index (χ0n) is 19.3. The topological polar surface area (TPSA) is 99.8 Å². The molecule has 1 aliphatic rings. The number of likely N-dealkylation sites (N-methyl/N-ethyl adjacent to an activating group) is 1. The van der Waals surface area contributed by atoms with Crippen LogP contribution in [0.25, 0.3) is 11.0 Å². The van der Waals surface area contributed by atoms with E-state index in [-0.39, 0.29) is 27.8 Å². The number of hydrogen-bond donors (Lipinski definition) is 2. The number of benzene rings is 2. The maximum absolute atomic E-state index is 13.3. The normalized spacial score (nSPS) is 14.8. The predicted molar refractivity (Wildman–Crippen MR) is 142 cm³/mol. The summed E-state index contributed by atoms with van der Waals surface area (Å²) < 4.78 is 5.41. The maximum atomic E-state index is 13.3. The molecule has 186 valence electrons. The molecule has 35 heavy (non-hydrogen) atoms. The van der Waals surface area contributed by atoms with Gasteiger partial charge in [-0.15, -0.1) is 11.8 Å². The fourth-order valence-electron chi connectivity index (χ4n) is 3.51. The van der Waals surface area contributed by atoms with E-state index in [1.54, 1.807) is 24.3 Å². The van der Waals surface area contributed by atoms with Gasteiger partial charge in [-0.2, -0.15) is 5.06 Å². The summed E-state index contributed by atoms with van der Waals surface area (Å²) in [7, 11) is 3.77. The van der Waals surface area contributed by atoms with E-state index in [1.165, 1.54) is 28.6 Å². The molecule has 1 atom stereocenters. The Kier molecular flexibility index (Phi) is 7.92. The Morgan fingerprint density at radius 2 is 1.83 bits per heavy atom. The van der Waals surface area contributed by atoms with E-state index in [9.17, 15) is 9.59 Å². The van der Waals surface area contributed by atoms with E-state index in [0.29, 0.717) is 34.1 Å². The van der Waals surface area contributed by atoms with Crippen molar-refractivity contribution in [3.63, 3.8) is 0 Å². The lowest BCUT2D eigenvalue weighted by Gasteiger charge is -2.23. The second-order valence-corrected chi connectivity index (χ2v) is 10.3. The highest BCUT2D eigenvalue weighted by Gasteiger charge is 2.37. The van der Waals surface area contributed by atoms with Gasteiger partial charge in [0.15, 0.2) is 10.7 Å². The number of nitrogens with zero attached hydrogens (tertiary/aromatic N) is 3. The number of ether oxygens (including phenoxy) is 1. The number of H-pyrrole nitrogens is 1. The van der Waals surface area contributed by atoms with Gasteiger partial charge in [0.25, 0.3) is 0 Å². The third kappa shape index (κ3) is 5.14. The van der Waals surface area contributed by atoms with Gasteiger partial charge < -0.3 is 24.8 Å². The second-order valence-electron chi connectivity index (χ2n) is 7.76. The number of anilines is 2. The summed E-state index contributed by atoms with van der Waals surface area (Å²) in [5.41, 5.74) is 1.82. The molecule has 1 unspecified atom stereocenters. The zero-order chi connectivity index (χ0) is 25.3. The van der Waals surface area contributed by atoms with Crippen molar-refractivity contribution in [3.8, 4) is 0 Å². The maximum Gasteiger partial charge on any atom is 0.366 e. The second kappa shape index (κ2) is 10.8. The highest BCUT2D eigenvalue weighted by atomic mass is 35.5. The van der Waals surface area contributed by atoms with Crippen LogP contribution in [0.4, 0.5) is 11.4 Å². The monoisotopic (exact) mass is 555 g/mol. The number of carbonyl (C=O) groups is 2. The number of aromatic amines is 1. The van der Waals surface area contributed by atoms with Crippen LogP contribution < -0.4 is 10.4 Å². The minimum absolute atomic E-state index is 0.169. The van der Waals surface area contributed by atoms with Crippen molar-refractivity contribution in [2.24, 2.45) is 0 Å². The number of carbonyl (C=O) groups excluding carboxylic acids is 2. The first-order chi connectivity index (χ1) is 16.7. The molecule has 3 aromatic rings. The number of esters is 1. The molecule has 2 N–H and O–H groups in total. The largest absolute Gasteiger partial charge is 0.461 e. The standard InChI is InChI=1S/C22H23Cl2N5O4S2/c1-28(2)9-10-32-19(30)16-12(24)6-8-14-18(16)27-22(35-4)29(14)33-20(31)15-11(23)5-7-13-17(15)26-21(25-13)34-3/h5-8,22,27H,9-10H2,1-4H3,(H,25,26). The smallest absolute Gasteiger partial charge is 0.366 e. The third-order valence-corrected chi connectivity index (χ3v) is 7.18. The number of hydroxylamine groups is 1. The van der Waals surface area contributed by atoms with E-state index >= 15 is 0 Å². The fraction of sp³-hybridized carbons (Fsp3) is 0.318. The van der Waals surface area contributed by atoms with Gasteiger partial charge in [-0.1, -0.05) is 35.0 Å². The molecule has 0 aliphatic carbocycles. The van der Waals surface area contributed by atoms with Crippen molar-refractivity contribution in [1.29, 1.82) is 0 Å². The first-order valence-corrected chi connectivity index (χ1v) is 13.7. The van der Waals surface area contributed by atoms with Gasteiger partial charge in [-0.05, 0) is 50.9 Å². The summed E-state index contributed by atoms with van der Waals surface area (Å²) in [4.78, 5) is 41.4. The summed E-state index contributed by atoms with van der Waals surface area (Å²) in [6.45, 7) is 0.780. The van der Waals surface area contributed by atoms with Gasteiger partial charge in [-0.3, -0.25) is 0 Å². The highest BCUT2D eigenvalue weighted by molar-refractivity contribution is 7.99. The van der Waals surface area contributed by atoms with Crippen LogP contribution in [0.3, 0.4) is 0 Å². The minimum atomic E-state index is -0.671. The molecule has 0 bridgehead atoms. The van der Waals surface area contributed by atoms with Gasteiger partial charge >= 0.3 is 11.9 Å². The summed E-state index contributed by atoms with van der Waals surface area (Å²) in [5.74, 6) is -1.24. The van der Waals surface area contributed by atoms with E-state index < -0.39 is 17.4 Å². The molecule has 0 spiro atoms. The lowest BCUT2D eigenvalue weighted by molar-refractivity contribution is 0.0455. The van der Waals surface area contributed by atoms with Crippen molar-refractivity contribution < 1.29 is 19.2 Å². The van der Waals surface area contributed by atoms with Crippen LogP contribution in [0.15, 0.2) is 29.4 Å². The van der Waals surface area contributed by atoms with Crippen LogP contribution in [0.2, 0.25) is 10.0 Å². The van der Waals surface area contributed by atoms with Crippen LogP contribution in [0.1, 0.15) is 20.7 Å². The molecular formula is C22H23Cl2N5O4S2. The van der Waals surface area contributed by atoms with E-state index in [0.717, 1.165) is 0 Å². The Morgan fingerprint density at radius 1 is 1.11 bits per heavy atom. The van der Waals surface area contributed by atoms with Gasteiger partial charge in [0.1, 0.15) is 23.4 Å². The quantitative estimate of drug-likeness (QED) is 0.293. The van der Waals surface area contributed by atoms with Crippen LogP contribution >= 0.6 is 46.7 Å². The minimum Gasteiger partial charge on any atom is -0.461 e. The van der Waals surface area contributed by atoms with Gasteiger partial charge in [0.2, 0.25) is 0 Å². The van der Waals surface area contributed by atoms with Crippen molar-refractivity contribution in [2.75, 3.05) is 50.1 Å². The number of nitrogens with one attached hydrogen (secondary N) is 2. The summed E-state index contributed by atoms with van der Waals surface area (Å²) in [5, 5.41) is 5.72. The molecule has 1 aliphatic heterocycles. The fourth-order valence-corrected chi connectivity index (χ4v) is 4.96. The average Bonchev–Trinajstić information content (AvgIpc) is 3.39. The number of rotatable bonds is 8. The zero-order valence-corrected chi connectivity index (χ0v) is 22.5. The summed E-state index contributed by atoms with van der Waals surface area (Å²) in [6, 6.07) is 6.59. The van der Waals surface area contributed by atoms with E-state index in [2.05, 4.69) is 15.3 Å². The number of aromatic nitrogens is 2. The number of hydrogen-bond acceptors (Lipinski definition) is 10. The van der Waals surface area contributed by atoms with E-state index in [4.69, 9.17) is 32.8 Å². The first kappa shape index (κ1) is 25.8. The highest BCUT2D eigenvalue weighted by Crippen LogP contribution is 2.43. The molecular weight excluding hydrogens is 533 g/mol. The summed E-state index contributed by atoms with van der Waals surface area (Å²) >= 11 is 15.6. The van der Waals surface area contributed by atoms with E-state index in [1.807, 2.05) is 31.5 Å². The van der Waals surface area contributed by atoms with Crippen LogP contribution in [-0.4, -0.2) is 72.1 Å². The Balaban J connectivity index is 1.66. The number of fused-ring (bicyclic) bond motifs is 2. The van der Waals surface area contributed by atoms with Crippen molar-refractivity contribution in [1.82, 2.24) is 14.9 Å². The number of halogens is 2. The Bertz CT molecular complexity index is 1290. The third-order valence-electron chi connectivity index (χ3n) is 5.21. The molecule has 0 saturated heterocycles. The van der Waals surface area contributed by atoms with Gasteiger partial charge in [-0.25, -0.2) is 14.6 Å². The molecule has 2 aromatic carbocycles. The number of thioether (sulfide) groups is 2. The van der Waals surface area contributed by atoms with Crippen LogP contribution in [0.5, 0.6) is 0 Å². The molecule has 4 rings (SSSR count). The Hall–Kier alpha value is -2.31. The molecule has 2 heterocycles. The molecule has 1 aromatic heterocycles. The molecule has 0 fully saturated rings. The molecule has 9 nitrogen and oxygen atoms in total. The van der Waals surface area contributed by atoms with Crippen molar-refractivity contribution in [3.05, 3.63) is 45.4 Å². The lowest BCUT2D eigenvalue weighted by atomic mass is 10.1. The van der Waals surface area contributed by atoms with Crippen molar-refractivity contribution in [2.45, 2.75) is 10.7 Å². The first-order valence-electron chi connectivity index (χ1n) is 10.4. The lowest BCUT2D eigenvalue weighted by Crippen LogP contribution is -2.35. The Morgan fingerprint density at radius 3 is 2.51 bits per heavy atom. The predicted octanol–water partition coefficient (Wildman–Crippen LogP) is 4.96. The molecule has 0 amide bonds. The van der Waals surface area contributed by atoms with Crippen LogP contribution in [-0.2, 0) is 9.57 Å². The SMILES string of the molecule is CSc1nc2ccc(Cl)c(C(=O)ON3c4ccc(Cl)c(C(=O)OCCN(C)C)c4NC3SC)c2[nH]1. The summed E-state index contributed by atoms with van der Waals surface area (Å²) in [6.07, 6.45) is 3.72.